The maximum atomic E-state index is 13.4. The van der Waals surface area contributed by atoms with E-state index in [1.54, 1.807) is 23.1 Å². The lowest BCUT2D eigenvalue weighted by Crippen LogP contribution is -3.09. The van der Waals surface area contributed by atoms with E-state index in [2.05, 4.69) is 7.05 Å². The molecule has 7 nitrogen and oxygen atoms in total. The van der Waals surface area contributed by atoms with Crippen LogP contribution in [0.5, 0.6) is 0 Å². The fourth-order valence-electron chi connectivity index (χ4n) is 4.33. The Balaban J connectivity index is 1.49. The summed E-state index contributed by atoms with van der Waals surface area (Å²) in [5, 5.41) is 0.104. The highest BCUT2D eigenvalue weighted by molar-refractivity contribution is 7.89. The molecule has 2 saturated heterocycles. The van der Waals surface area contributed by atoms with Gasteiger partial charge in [-0.3, -0.25) is 4.79 Å². The average Bonchev–Trinajstić information content (AvgIpc) is 3.04. The Labute approximate surface area is 199 Å². The van der Waals surface area contributed by atoms with E-state index >= 15 is 0 Å². The van der Waals surface area contributed by atoms with E-state index in [0.29, 0.717) is 31.7 Å². The third-order valence-corrected chi connectivity index (χ3v) is 8.73. The van der Waals surface area contributed by atoms with Crippen LogP contribution in [0.1, 0.15) is 16.8 Å². The Bertz CT molecular complexity index is 1110. The molecule has 4 rings (SSSR count). The summed E-state index contributed by atoms with van der Waals surface area (Å²) in [6, 6.07) is 10.7. The zero-order valence-electron chi connectivity index (χ0n) is 18.6. The molecule has 2 aliphatic rings. The first-order chi connectivity index (χ1) is 15.8. The molecule has 178 valence electrons. The number of likely N-dealkylation sites (N-methyl/N-ethyl adjacent to an activating group) is 1. The lowest BCUT2D eigenvalue weighted by atomic mass is 10.2. The van der Waals surface area contributed by atoms with Crippen molar-refractivity contribution >= 4 is 33.2 Å². The van der Waals surface area contributed by atoms with Gasteiger partial charge in [0.05, 0.1) is 31.7 Å². The molecule has 0 bridgehead atoms. The van der Waals surface area contributed by atoms with E-state index in [1.165, 1.54) is 33.5 Å². The molecule has 2 aliphatic heterocycles. The van der Waals surface area contributed by atoms with E-state index in [9.17, 15) is 17.6 Å². The van der Waals surface area contributed by atoms with Gasteiger partial charge in [-0.1, -0.05) is 11.6 Å². The highest BCUT2D eigenvalue weighted by Crippen LogP contribution is 2.28. The Morgan fingerprint density at radius 1 is 0.970 bits per heavy atom. The standard InChI is InChI=1S/C23H28ClFN4O3S/c1-26-9-2-10-28(12-11-26)23(30)18-3-8-21(24)22(17-18)33(31,32)29-15-13-27(14-16-29)20-6-4-19(25)5-7-20/h3-8,17H,2,9-16H2,1H3/p+1. The highest BCUT2D eigenvalue weighted by atomic mass is 35.5. The Morgan fingerprint density at radius 3 is 2.36 bits per heavy atom. The number of rotatable bonds is 4. The number of carbonyl (C=O) groups excluding carboxylic acids is 1. The predicted octanol–water partition coefficient (Wildman–Crippen LogP) is 1.35. The maximum absolute atomic E-state index is 13.4. The first-order valence-electron chi connectivity index (χ1n) is 11.2. The van der Waals surface area contributed by atoms with Crippen molar-refractivity contribution in [2.75, 3.05) is 64.3 Å². The molecular weight excluding hydrogens is 467 g/mol. The summed E-state index contributed by atoms with van der Waals surface area (Å²) in [6.07, 6.45) is 0.911. The van der Waals surface area contributed by atoms with E-state index in [0.717, 1.165) is 25.2 Å². The number of sulfonamides is 1. The van der Waals surface area contributed by atoms with Crippen LogP contribution in [0.15, 0.2) is 47.4 Å². The van der Waals surface area contributed by atoms with Crippen molar-refractivity contribution in [3.05, 3.63) is 58.9 Å². The molecule has 0 aromatic heterocycles. The fraction of sp³-hybridized carbons (Fsp3) is 0.435. The van der Waals surface area contributed by atoms with E-state index in [1.807, 2.05) is 4.90 Å². The first kappa shape index (κ1) is 23.9. The summed E-state index contributed by atoms with van der Waals surface area (Å²) in [7, 11) is -1.76. The van der Waals surface area contributed by atoms with Gasteiger partial charge in [0.2, 0.25) is 10.0 Å². The van der Waals surface area contributed by atoms with Crippen LogP contribution in [0, 0.1) is 5.82 Å². The molecule has 0 aliphatic carbocycles. The van der Waals surface area contributed by atoms with Crippen molar-refractivity contribution in [2.24, 2.45) is 0 Å². The molecule has 2 aromatic carbocycles. The number of quaternary nitrogens is 1. The number of nitrogens with one attached hydrogen (secondary N) is 1. The molecule has 10 heteroatoms. The molecule has 0 radical (unpaired) electrons. The topological polar surface area (TPSA) is 65.4 Å². The van der Waals surface area contributed by atoms with Gasteiger partial charge < -0.3 is 14.7 Å². The van der Waals surface area contributed by atoms with Crippen molar-refractivity contribution in [2.45, 2.75) is 11.3 Å². The van der Waals surface area contributed by atoms with Gasteiger partial charge in [-0.05, 0) is 42.5 Å². The summed E-state index contributed by atoms with van der Waals surface area (Å²) < 4.78 is 41.4. The van der Waals surface area contributed by atoms with Crippen LogP contribution in [0.25, 0.3) is 0 Å². The molecule has 0 spiro atoms. The number of piperazine rings is 1. The van der Waals surface area contributed by atoms with E-state index < -0.39 is 10.0 Å². The summed E-state index contributed by atoms with van der Waals surface area (Å²) in [4.78, 5) is 18.2. The van der Waals surface area contributed by atoms with Crippen LogP contribution in [0.4, 0.5) is 10.1 Å². The zero-order valence-corrected chi connectivity index (χ0v) is 20.2. The average molecular weight is 496 g/mol. The third-order valence-electron chi connectivity index (χ3n) is 6.35. The van der Waals surface area contributed by atoms with Gasteiger partial charge in [0, 0.05) is 50.4 Å². The number of anilines is 1. The van der Waals surface area contributed by atoms with Crippen LogP contribution in [-0.4, -0.2) is 82.9 Å². The third kappa shape index (κ3) is 5.32. The van der Waals surface area contributed by atoms with Gasteiger partial charge in [-0.25, -0.2) is 12.8 Å². The van der Waals surface area contributed by atoms with Crippen molar-refractivity contribution in [3.63, 3.8) is 0 Å². The first-order valence-corrected chi connectivity index (χ1v) is 13.0. The van der Waals surface area contributed by atoms with Gasteiger partial charge in [0.25, 0.3) is 5.91 Å². The Hall–Kier alpha value is -2.20. The number of hydrogen-bond donors (Lipinski definition) is 1. The minimum Gasteiger partial charge on any atom is -0.369 e. The SMILES string of the molecule is C[NH+]1CCCN(C(=O)c2ccc(Cl)c(S(=O)(=O)N3CCN(c4ccc(F)cc4)CC3)c2)CC1. The number of halogens is 2. The molecule has 33 heavy (non-hydrogen) atoms. The van der Waals surface area contributed by atoms with Gasteiger partial charge >= 0.3 is 0 Å². The van der Waals surface area contributed by atoms with Crippen molar-refractivity contribution in [1.82, 2.24) is 9.21 Å². The van der Waals surface area contributed by atoms with E-state index in [4.69, 9.17) is 11.6 Å². The quantitative estimate of drug-likeness (QED) is 0.695. The molecule has 2 heterocycles. The van der Waals surface area contributed by atoms with E-state index in [-0.39, 0.29) is 34.7 Å². The van der Waals surface area contributed by atoms with Crippen LogP contribution in [0.3, 0.4) is 0 Å². The molecule has 0 saturated carbocycles. The van der Waals surface area contributed by atoms with Gasteiger partial charge in [-0.15, -0.1) is 0 Å². The van der Waals surface area contributed by atoms with Crippen LogP contribution >= 0.6 is 11.6 Å². The molecular formula is C23H29ClFN4O3S+. The fourth-order valence-corrected chi connectivity index (χ4v) is 6.25. The van der Waals surface area contributed by atoms with Gasteiger partial charge in [0.1, 0.15) is 10.7 Å². The molecule has 1 atom stereocenters. The molecule has 2 fully saturated rings. The number of benzene rings is 2. The monoisotopic (exact) mass is 495 g/mol. The maximum Gasteiger partial charge on any atom is 0.254 e. The summed E-state index contributed by atoms with van der Waals surface area (Å²) in [5.74, 6) is -0.476. The Kier molecular flexibility index (Phi) is 7.23. The second kappa shape index (κ2) is 9.97. The molecule has 2 aromatic rings. The second-order valence-electron chi connectivity index (χ2n) is 8.62. The largest absolute Gasteiger partial charge is 0.369 e. The van der Waals surface area contributed by atoms with Crippen molar-refractivity contribution in [3.8, 4) is 0 Å². The number of hydrogen-bond acceptors (Lipinski definition) is 4. The zero-order chi connectivity index (χ0) is 23.6. The van der Waals surface area contributed by atoms with Gasteiger partial charge in [0.15, 0.2) is 0 Å². The van der Waals surface area contributed by atoms with Gasteiger partial charge in [-0.2, -0.15) is 4.31 Å². The van der Waals surface area contributed by atoms with Crippen molar-refractivity contribution in [1.29, 1.82) is 0 Å². The molecule has 1 unspecified atom stereocenters. The molecule has 1 N–H and O–H groups in total. The highest BCUT2D eigenvalue weighted by Gasteiger charge is 2.31. The minimum absolute atomic E-state index is 0.0391. The lowest BCUT2D eigenvalue weighted by Gasteiger charge is -2.35. The number of carbonyl (C=O) groups is 1. The smallest absolute Gasteiger partial charge is 0.254 e. The van der Waals surface area contributed by atoms with Crippen LogP contribution in [0.2, 0.25) is 5.02 Å². The molecule has 1 amide bonds. The van der Waals surface area contributed by atoms with Crippen molar-refractivity contribution < 1.29 is 22.5 Å². The second-order valence-corrected chi connectivity index (χ2v) is 10.9. The minimum atomic E-state index is -3.87. The summed E-state index contributed by atoms with van der Waals surface area (Å²) in [5.41, 5.74) is 1.19. The predicted molar refractivity (Wildman–Crippen MR) is 126 cm³/mol. The summed E-state index contributed by atoms with van der Waals surface area (Å²) >= 11 is 6.30. The number of amides is 1. The summed E-state index contributed by atoms with van der Waals surface area (Å²) in [6.45, 7) is 4.67. The normalized spacial score (nSPS) is 20.5. The Morgan fingerprint density at radius 2 is 1.67 bits per heavy atom. The van der Waals surface area contributed by atoms with Crippen LogP contribution in [-0.2, 0) is 10.0 Å². The lowest BCUT2D eigenvalue weighted by molar-refractivity contribution is -0.877. The number of nitrogens with zero attached hydrogens (tertiary/aromatic N) is 3. The van der Waals surface area contributed by atoms with Crippen LogP contribution < -0.4 is 9.80 Å².